The van der Waals surface area contributed by atoms with E-state index in [0.29, 0.717) is 37.0 Å². The largest absolute Gasteiger partial charge is 0.497 e. The molecule has 1 atom stereocenters. The molecule has 1 aliphatic rings. The monoisotopic (exact) mass is 391 g/mol. The van der Waals surface area contributed by atoms with Gasteiger partial charge in [-0.25, -0.2) is 4.68 Å². The number of hydrogen-bond donors (Lipinski definition) is 0. The van der Waals surface area contributed by atoms with E-state index in [1.165, 1.54) is 0 Å². The number of esters is 1. The minimum Gasteiger partial charge on any atom is -0.497 e. The van der Waals surface area contributed by atoms with Crippen LogP contribution in [-0.2, 0) is 22.6 Å². The molecule has 3 rings (SSSR count). The molecule has 1 aromatic carbocycles. The summed E-state index contributed by atoms with van der Waals surface area (Å²) in [5.74, 6) is 1.18. The molecule has 146 valence electrons. The van der Waals surface area contributed by atoms with Crippen molar-refractivity contribution in [3.8, 4) is 5.75 Å². The van der Waals surface area contributed by atoms with Crippen molar-refractivity contribution in [3.63, 3.8) is 0 Å². The van der Waals surface area contributed by atoms with Crippen molar-refractivity contribution in [2.75, 3.05) is 26.8 Å². The summed E-state index contributed by atoms with van der Waals surface area (Å²) in [6, 6.07) is 7.77. The highest BCUT2D eigenvalue weighted by atomic mass is 32.1. The molecule has 0 spiro atoms. The van der Waals surface area contributed by atoms with E-state index in [4.69, 9.17) is 26.1 Å². The lowest BCUT2D eigenvalue weighted by atomic mass is 9.99. The van der Waals surface area contributed by atoms with Crippen LogP contribution in [0.1, 0.15) is 31.2 Å². The van der Waals surface area contributed by atoms with Gasteiger partial charge in [0.25, 0.3) is 4.84 Å². The van der Waals surface area contributed by atoms with E-state index in [1.54, 1.807) is 11.8 Å². The second-order valence-electron chi connectivity index (χ2n) is 6.60. The zero-order valence-electron chi connectivity index (χ0n) is 15.7. The van der Waals surface area contributed by atoms with Gasteiger partial charge in [-0.3, -0.25) is 9.69 Å². The maximum absolute atomic E-state index is 12.0. The van der Waals surface area contributed by atoms with Gasteiger partial charge in [-0.2, -0.15) is 0 Å². The molecular formula is C19H25N3O4S. The molecule has 1 saturated heterocycles. The standard InChI is InChI=1S/C19H25N3O4S/c1-3-25-18(23)15-5-4-10-21(12-15)13-22-19(27)26-17(20-22)11-14-6-8-16(24-2)9-7-14/h6-9,15H,3-5,10-13H2,1-2H3. The lowest BCUT2D eigenvalue weighted by molar-refractivity contribution is -0.150. The van der Waals surface area contributed by atoms with E-state index in [2.05, 4.69) is 10.00 Å². The number of piperidine rings is 1. The van der Waals surface area contributed by atoms with Crippen LogP contribution in [0.25, 0.3) is 0 Å². The molecule has 2 aromatic rings. The predicted octanol–water partition coefficient (Wildman–Crippen LogP) is 3.04. The van der Waals surface area contributed by atoms with Crippen LogP contribution in [0.4, 0.5) is 0 Å². The smallest absolute Gasteiger partial charge is 0.310 e. The molecular weight excluding hydrogens is 366 g/mol. The summed E-state index contributed by atoms with van der Waals surface area (Å²) in [4.78, 5) is 14.5. The summed E-state index contributed by atoms with van der Waals surface area (Å²) >= 11 is 5.32. The molecule has 0 saturated carbocycles. The Bertz CT molecular complexity index is 815. The minimum absolute atomic E-state index is 0.0847. The number of hydrogen-bond acceptors (Lipinski definition) is 7. The lowest BCUT2D eigenvalue weighted by Crippen LogP contribution is -2.40. The van der Waals surface area contributed by atoms with Crippen LogP contribution < -0.4 is 4.74 Å². The van der Waals surface area contributed by atoms with Crippen LogP contribution in [0.3, 0.4) is 0 Å². The number of carbonyl (C=O) groups excluding carboxylic acids is 1. The van der Waals surface area contributed by atoms with E-state index in [9.17, 15) is 4.79 Å². The van der Waals surface area contributed by atoms with Crippen LogP contribution >= 0.6 is 12.2 Å². The van der Waals surface area contributed by atoms with Crippen LogP contribution in [0.5, 0.6) is 5.75 Å². The first-order chi connectivity index (χ1) is 13.1. The normalized spacial score (nSPS) is 17.6. The molecule has 1 fully saturated rings. The van der Waals surface area contributed by atoms with Gasteiger partial charge in [0, 0.05) is 6.54 Å². The maximum atomic E-state index is 12.0. The number of likely N-dealkylation sites (tertiary alicyclic amines) is 1. The second-order valence-corrected chi connectivity index (χ2v) is 6.94. The highest BCUT2D eigenvalue weighted by Crippen LogP contribution is 2.19. The molecule has 2 heterocycles. The summed E-state index contributed by atoms with van der Waals surface area (Å²) in [5, 5.41) is 4.50. The molecule has 0 aliphatic carbocycles. The molecule has 8 heteroatoms. The molecule has 0 radical (unpaired) electrons. The average Bonchev–Trinajstić information content (AvgIpc) is 3.01. The van der Waals surface area contributed by atoms with Crippen LogP contribution in [0.15, 0.2) is 28.7 Å². The third-order valence-corrected chi connectivity index (χ3v) is 4.92. The van der Waals surface area contributed by atoms with Gasteiger partial charge in [0.05, 0.1) is 32.7 Å². The fraction of sp³-hybridized carbons (Fsp3) is 0.526. The van der Waals surface area contributed by atoms with E-state index in [-0.39, 0.29) is 11.9 Å². The SMILES string of the molecule is CCOC(=O)C1CCCN(Cn2nc(Cc3ccc(OC)cc3)oc2=S)C1. The summed E-state index contributed by atoms with van der Waals surface area (Å²) < 4.78 is 17.7. The molecule has 1 aromatic heterocycles. The van der Waals surface area contributed by atoms with Gasteiger partial charge in [-0.05, 0) is 56.2 Å². The van der Waals surface area contributed by atoms with Gasteiger partial charge in [-0.15, -0.1) is 5.10 Å². The van der Waals surface area contributed by atoms with Gasteiger partial charge in [0.2, 0.25) is 5.89 Å². The number of nitrogens with zero attached hydrogens (tertiary/aromatic N) is 3. The molecule has 1 unspecified atom stereocenters. The van der Waals surface area contributed by atoms with Crippen molar-refractivity contribution in [1.82, 2.24) is 14.7 Å². The van der Waals surface area contributed by atoms with E-state index in [1.807, 2.05) is 31.2 Å². The fourth-order valence-corrected chi connectivity index (χ4v) is 3.45. The molecule has 0 amide bonds. The van der Waals surface area contributed by atoms with Crippen LogP contribution in [-0.4, -0.2) is 47.5 Å². The topological polar surface area (TPSA) is 69.7 Å². The van der Waals surface area contributed by atoms with Crippen LogP contribution in [0, 0.1) is 10.8 Å². The number of rotatable bonds is 7. The zero-order chi connectivity index (χ0) is 19.2. The highest BCUT2D eigenvalue weighted by molar-refractivity contribution is 7.71. The first-order valence-electron chi connectivity index (χ1n) is 9.17. The maximum Gasteiger partial charge on any atom is 0.310 e. The van der Waals surface area contributed by atoms with Crippen molar-refractivity contribution in [2.24, 2.45) is 5.92 Å². The van der Waals surface area contributed by atoms with Gasteiger partial charge < -0.3 is 13.9 Å². The van der Waals surface area contributed by atoms with Crippen LogP contribution in [0.2, 0.25) is 0 Å². The van der Waals surface area contributed by atoms with Crippen molar-refractivity contribution in [2.45, 2.75) is 32.9 Å². The Morgan fingerprint density at radius 1 is 1.37 bits per heavy atom. The first kappa shape index (κ1) is 19.6. The number of methoxy groups -OCH3 is 1. The van der Waals surface area contributed by atoms with E-state index >= 15 is 0 Å². The molecule has 0 N–H and O–H groups in total. The predicted molar refractivity (Wildman–Crippen MR) is 102 cm³/mol. The Labute approximate surface area is 163 Å². The van der Waals surface area contributed by atoms with Crippen molar-refractivity contribution in [3.05, 3.63) is 40.6 Å². The summed E-state index contributed by atoms with van der Waals surface area (Å²) in [5.41, 5.74) is 1.07. The summed E-state index contributed by atoms with van der Waals surface area (Å²) in [7, 11) is 1.64. The average molecular weight is 391 g/mol. The summed E-state index contributed by atoms with van der Waals surface area (Å²) in [6.45, 7) is 4.32. The van der Waals surface area contributed by atoms with E-state index in [0.717, 1.165) is 30.7 Å². The number of benzene rings is 1. The number of carbonyl (C=O) groups is 1. The Hall–Kier alpha value is -2.19. The number of ether oxygens (including phenoxy) is 2. The van der Waals surface area contributed by atoms with Gasteiger partial charge >= 0.3 is 5.97 Å². The fourth-order valence-electron chi connectivity index (χ4n) is 3.25. The Balaban J connectivity index is 1.62. The van der Waals surface area contributed by atoms with Crippen molar-refractivity contribution >= 4 is 18.2 Å². The second kappa shape index (κ2) is 9.14. The Morgan fingerprint density at radius 2 is 2.15 bits per heavy atom. The quantitative estimate of drug-likeness (QED) is 0.531. The number of aromatic nitrogens is 2. The zero-order valence-corrected chi connectivity index (χ0v) is 16.5. The van der Waals surface area contributed by atoms with Gasteiger partial charge in [0.15, 0.2) is 0 Å². The summed E-state index contributed by atoms with van der Waals surface area (Å²) in [6.07, 6.45) is 2.38. The Morgan fingerprint density at radius 3 is 2.85 bits per heavy atom. The highest BCUT2D eigenvalue weighted by Gasteiger charge is 2.27. The molecule has 1 aliphatic heterocycles. The Kier molecular flexibility index (Phi) is 6.63. The first-order valence-corrected chi connectivity index (χ1v) is 9.58. The molecule has 27 heavy (non-hydrogen) atoms. The lowest BCUT2D eigenvalue weighted by Gasteiger charge is -2.30. The van der Waals surface area contributed by atoms with E-state index < -0.39 is 0 Å². The molecule has 0 bridgehead atoms. The van der Waals surface area contributed by atoms with Crippen molar-refractivity contribution in [1.29, 1.82) is 0 Å². The van der Waals surface area contributed by atoms with Crippen molar-refractivity contribution < 1.29 is 18.7 Å². The minimum atomic E-state index is -0.119. The molecule has 7 nitrogen and oxygen atoms in total. The third-order valence-electron chi connectivity index (χ3n) is 4.62. The van der Waals surface area contributed by atoms with Gasteiger partial charge in [-0.1, -0.05) is 12.1 Å². The van der Waals surface area contributed by atoms with Gasteiger partial charge in [0.1, 0.15) is 5.75 Å². The third kappa shape index (κ3) is 5.17.